The lowest BCUT2D eigenvalue weighted by Gasteiger charge is -2.54. The zero-order valence-corrected chi connectivity index (χ0v) is 34.6. The highest BCUT2D eigenvalue weighted by molar-refractivity contribution is 6.04. The topological polar surface area (TPSA) is 267 Å². The summed E-state index contributed by atoms with van der Waals surface area (Å²) in [5.41, 5.74) is 14.6. The van der Waals surface area contributed by atoms with Gasteiger partial charge in [0.1, 0.15) is 40.4 Å². The number of rotatable bonds is 18. The van der Waals surface area contributed by atoms with Gasteiger partial charge >= 0.3 is 0 Å². The molecule has 21 heteroatoms. The Morgan fingerprint density at radius 3 is 2.18 bits per heavy atom. The van der Waals surface area contributed by atoms with Gasteiger partial charge in [0.25, 0.3) is 11.8 Å². The van der Waals surface area contributed by atoms with Crippen molar-refractivity contribution in [2.75, 3.05) is 77.3 Å². The summed E-state index contributed by atoms with van der Waals surface area (Å²) in [6, 6.07) is 8.05. The summed E-state index contributed by atoms with van der Waals surface area (Å²) in [6.45, 7) is 8.48. The summed E-state index contributed by atoms with van der Waals surface area (Å²) >= 11 is 0. The Kier molecular flexibility index (Phi) is 12.5. The highest BCUT2D eigenvalue weighted by atomic mass is 16.6. The zero-order valence-electron chi connectivity index (χ0n) is 34.6. The van der Waals surface area contributed by atoms with E-state index in [0.29, 0.717) is 110 Å². The van der Waals surface area contributed by atoms with E-state index in [4.69, 9.17) is 36.6 Å². The molecule has 0 aliphatic carbocycles. The maximum Gasteiger partial charge on any atom is 0.276 e. The van der Waals surface area contributed by atoms with Crippen molar-refractivity contribution in [2.45, 2.75) is 45.5 Å². The first-order chi connectivity index (χ1) is 29.4. The van der Waals surface area contributed by atoms with Gasteiger partial charge in [-0.1, -0.05) is 12.2 Å². The van der Waals surface area contributed by atoms with Gasteiger partial charge in [0.2, 0.25) is 23.7 Å². The van der Waals surface area contributed by atoms with Crippen LogP contribution in [0.5, 0.6) is 11.5 Å². The summed E-state index contributed by atoms with van der Waals surface area (Å²) in [6.07, 6.45) is 4.51. The minimum atomic E-state index is -0.650. The van der Waals surface area contributed by atoms with Crippen LogP contribution in [0.25, 0.3) is 22.1 Å². The minimum Gasteiger partial charge on any atom is -0.494 e. The van der Waals surface area contributed by atoms with Crippen LogP contribution in [-0.4, -0.2) is 135 Å². The van der Waals surface area contributed by atoms with Gasteiger partial charge in [-0.3, -0.25) is 38.9 Å². The number of nitrogens with one attached hydrogen (secondary N) is 2. The molecule has 0 saturated carbocycles. The van der Waals surface area contributed by atoms with Gasteiger partial charge < -0.3 is 45.0 Å². The quantitative estimate of drug-likeness (QED) is 0.0472. The lowest BCUT2D eigenvalue weighted by Crippen LogP contribution is -2.70. The Labute approximate surface area is 350 Å². The van der Waals surface area contributed by atoms with Crippen molar-refractivity contribution in [1.29, 1.82) is 0 Å². The third-order valence-electron chi connectivity index (χ3n) is 10.7. The Morgan fingerprint density at radius 1 is 0.918 bits per heavy atom. The second-order valence-corrected chi connectivity index (χ2v) is 14.9. The van der Waals surface area contributed by atoms with Crippen molar-refractivity contribution < 1.29 is 38.2 Å². The molecule has 0 radical (unpaired) electrons. The van der Waals surface area contributed by atoms with Crippen molar-refractivity contribution in [3.05, 3.63) is 65.0 Å². The molecular weight excluding hydrogens is 791 g/mol. The number of anilines is 2. The number of amides is 4. The largest absolute Gasteiger partial charge is 0.494 e. The van der Waals surface area contributed by atoms with E-state index in [1.54, 1.807) is 45.5 Å². The molecule has 1 spiro atoms. The number of nitrogens with two attached hydrogens (primary N) is 3. The van der Waals surface area contributed by atoms with Crippen LogP contribution in [0.1, 0.15) is 50.2 Å². The smallest absolute Gasteiger partial charge is 0.276 e. The number of carbonyl (C=O) groups excluding carboxylic acids is 4. The van der Waals surface area contributed by atoms with E-state index in [9.17, 15) is 19.2 Å². The Bertz CT molecular complexity index is 2500. The first kappa shape index (κ1) is 42.6. The Morgan fingerprint density at radius 2 is 1.56 bits per heavy atom. The molecule has 7 rings (SSSR count). The zero-order chi connectivity index (χ0) is 43.4. The minimum absolute atomic E-state index is 0.159. The number of hydrogen-bond donors (Lipinski definition) is 5. The molecule has 2 aliphatic heterocycles. The third-order valence-corrected chi connectivity index (χ3v) is 10.7. The number of aromatic nitrogens is 6. The highest BCUT2D eigenvalue weighted by Crippen LogP contribution is 2.34. The molecule has 4 amide bonds. The van der Waals surface area contributed by atoms with Crippen LogP contribution < -0.4 is 37.5 Å². The number of morpholine rings is 1. The summed E-state index contributed by atoms with van der Waals surface area (Å²) in [5.74, 6) is 4.82. The van der Waals surface area contributed by atoms with Crippen molar-refractivity contribution >= 4 is 57.6 Å². The molecule has 2 aromatic carbocycles. The van der Waals surface area contributed by atoms with Crippen molar-refractivity contribution in [3.63, 3.8) is 0 Å². The summed E-state index contributed by atoms with van der Waals surface area (Å²) in [5, 5.41) is 10.5. The monoisotopic (exact) mass is 841 g/mol. The first-order valence-corrected chi connectivity index (χ1v) is 19.9. The molecule has 0 atom stereocenters. The lowest BCUT2D eigenvalue weighted by atomic mass is 9.91. The van der Waals surface area contributed by atoms with Crippen LogP contribution in [0.15, 0.2) is 42.5 Å². The molecule has 8 N–H and O–H groups in total. The molecule has 3 aromatic heterocycles. The van der Waals surface area contributed by atoms with E-state index in [2.05, 4.69) is 30.5 Å². The molecule has 2 saturated heterocycles. The summed E-state index contributed by atoms with van der Waals surface area (Å²) in [7, 11) is 3.23. The number of fused-ring (bicyclic) bond motifs is 2. The van der Waals surface area contributed by atoms with Gasteiger partial charge in [0.05, 0.1) is 43.6 Å². The van der Waals surface area contributed by atoms with E-state index < -0.39 is 23.3 Å². The van der Waals surface area contributed by atoms with Gasteiger partial charge in [-0.25, -0.2) is 15.9 Å². The van der Waals surface area contributed by atoms with Crippen LogP contribution in [0.2, 0.25) is 0 Å². The number of likely N-dealkylation sites (tertiary alicyclic amines) is 1. The molecule has 0 bridgehead atoms. The number of primary amides is 2. The Balaban J connectivity index is 1.09. The predicted octanol–water partition coefficient (Wildman–Crippen LogP) is 1.24. The second-order valence-electron chi connectivity index (χ2n) is 14.9. The van der Waals surface area contributed by atoms with E-state index in [-0.39, 0.29) is 36.1 Å². The number of benzene rings is 2. The summed E-state index contributed by atoms with van der Waals surface area (Å²) in [4.78, 5) is 68.4. The third kappa shape index (κ3) is 8.85. The number of aryl methyl sites for hydroxylation is 2. The number of ether oxygens (including phenoxy) is 3. The average molecular weight is 842 g/mol. The molecular formula is C40H51N13O8. The maximum absolute atomic E-state index is 13.6. The molecule has 5 heterocycles. The molecule has 2 fully saturated rings. The fourth-order valence-electron chi connectivity index (χ4n) is 7.96. The number of nitrogens with zero attached hydrogens (tertiary/aromatic N) is 8. The van der Waals surface area contributed by atoms with Crippen molar-refractivity contribution in [2.24, 2.45) is 17.4 Å². The molecule has 61 heavy (non-hydrogen) atoms. The van der Waals surface area contributed by atoms with Gasteiger partial charge in [-0.2, -0.15) is 5.10 Å². The number of imidazole rings is 2. The highest BCUT2D eigenvalue weighted by Gasteiger charge is 2.47. The van der Waals surface area contributed by atoms with Crippen molar-refractivity contribution in [1.82, 2.24) is 38.7 Å². The SMILES string of the molecule is CCn1nc(C)cc1C(=O)Nc1nc2cc(C(N)=O)cc(OC)c2n1C/C=C/Cn1c(NC)nc2cc(C(N)=O)cc(OCCCN3CC4(C3)CN(C(=O)CON)CCO4)c21. The van der Waals surface area contributed by atoms with Crippen LogP contribution in [0, 0.1) is 6.92 Å². The number of methoxy groups -OCH3 is 1. The number of allylic oxidation sites excluding steroid dienone is 2. The van der Waals surface area contributed by atoms with Gasteiger partial charge in [0.15, 0.2) is 0 Å². The fraction of sp³-hybridized carbons (Fsp3) is 0.425. The van der Waals surface area contributed by atoms with Gasteiger partial charge in [-0.15, -0.1) is 0 Å². The van der Waals surface area contributed by atoms with Crippen molar-refractivity contribution in [3.8, 4) is 11.5 Å². The lowest BCUT2D eigenvalue weighted by molar-refractivity contribution is -0.190. The number of hydrogen-bond acceptors (Lipinski definition) is 14. The summed E-state index contributed by atoms with van der Waals surface area (Å²) < 4.78 is 23.4. The fourth-order valence-corrected chi connectivity index (χ4v) is 7.96. The first-order valence-electron chi connectivity index (χ1n) is 19.9. The van der Waals surface area contributed by atoms with Crippen LogP contribution in [0.3, 0.4) is 0 Å². The van der Waals surface area contributed by atoms with Crippen LogP contribution >= 0.6 is 0 Å². The molecule has 2 aliphatic rings. The van der Waals surface area contributed by atoms with E-state index >= 15 is 0 Å². The van der Waals surface area contributed by atoms with Gasteiger partial charge in [-0.05, 0) is 50.6 Å². The molecule has 5 aromatic rings. The average Bonchev–Trinajstić information content (AvgIpc) is 3.91. The number of carbonyl (C=O) groups is 4. The molecule has 21 nitrogen and oxygen atoms in total. The van der Waals surface area contributed by atoms with Gasteiger partial charge in [0, 0.05) is 64.0 Å². The van der Waals surface area contributed by atoms with Crippen LogP contribution in [0.4, 0.5) is 11.9 Å². The normalized spacial score (nSPS) is 15.1. The molecule has 324 valence electrons. The molecule has 0 unspecified atom stereocenters. The maximum atomic E-state index is 13.6. The second kappa shape index (κ2) is 18.0. The Hall–Kier alpha value is -6.55. The van der Waals surface area contributed by atoms with E-state index in [0.717, 1.165) is 6.54 Å². The van der Waals surface area contributed by atoms with E-state index in [1.165, 1.54) is 13.2 Å². The predicted molar refractivity (Wildman–Crippen MR) is 224 cm³/mol. The van der Waals surface area contributed by atoms with E-state index in [1.807, 2.05) is 30.6 Å². The standard InChI is InChI=1S/C40H51N13O8/c1-5-53-29(15-24(2)48-53)37(57)47-39-46-27-16-25(35(41)55)18-30(58-4)33(27)52(39)11-7-6-10-51-34-28(45-38(51)44-3)17-26(36(42)56)19-31(34)59-13-8-9-49-21-40(22-49)23-50(12-14-60-40)32(54)20-61-43/h6-7,15-19H,5,8-14,20-23,43H2,1-4H3,(H2,41,55)(H2,42,56)(H,44,45)(H,46,47,57)/b7-6+. The van der Waals surface area contributed by atoms with Crippen LogP contribution in [-0.2, 0) is 34.0 Å².